The average Bonchev–Trinajstić information content (AvgIpc) is 2.52. The third-order valence-corrected chi connectivity index (χ3v) is 4.21. The van der Waals surface area contributed by atoms with Gasteiger partial charge in [0.15, 0.2) is 0 Å². The van der Waals surface area contributed by atoms with Crippen LogP contribution in [0.15, 0.2) is 24.3 Å². The van der Waals surface area contributed by atoms with Crippen LogP contribution >= 0.6 is 11.6 Å². The van der Waals surface area contributed by atoms with Gasteiger partial charge in [0.05, 0.1) is 6.10 Å². The lowest BCUT2D eigenvalue weighted by molar-refractivity contribution is 0.0538. The zero-order valence-corrected chi connectivity index (χ0v) is 13.6. The summed E-state index contributed by atoms with van der Waals surface area (Å²) in [5.41, 5.74) is 6.94. The highest BCUT2D eigenvalue weighted by molar-refractivity contribution is 6.30. The van der Waals surface area contributed by atoms with E-state index in [2.05, 4.69) is 15.9 Å². The van der Waals surface area contributed by atoms with Crippen LogP contribution in [-0.4, -0.2) is 56.9 Å². The Balaban J connectivity index is 1.75. The molecule has 0 amide bonds. The fourth-order valence-corrected chi connectivity index (χ4v) is 2.92. The second-order valence-corrected chi connectivity index (χ2v) is 5.85. The molecule has 5 heteroatoms. The number of piperazine rings is 1. The lowest BCUT2D eigenvalue weighted by Crippen LogP contribution is -2.47. The predicted octanol–water partition coefficient (Wildman–Crippen LogP) is 2.22. The molecule has 2 N–H and O–H groups in total. The van der Waals surface area contributed by atoms with Crippen molar-refractivity contribution in [3.8, 4) is 0 Å². The number of benzene rings is 1. The SMILES string of the molecule is CCOC(CN)CCN1CCN(c2cccc(Cl)c2)CC1. The number of rotatable bonds is 7. The molecule has 1 saturated heterocycles. The van der Waals surface area contributed by atoms with Gasteiger partial charge in [-0.05, 0) is 31.5 Å². The Hall–Kier alpha value is -0.810. The molecule has 1 aromatic carbocycles. The predicted molar refractivity (Wildman–Crippen MR) is 89.2 cm³/mol. The Morgan fingerprint density at radius 1 is 1.29 bits per heavy atom. The van der Waals surface area contributed by atoms with Crippen molar-refractivity contribution in [2.24, 2.45) is 5.73 Å². The minimum Gasteiger partial charge on any atom is -0.377 e. The monoisotopic (exact) mass is 311 g/mol. The van der Waals surface area contributed by atoms with Crippen molar-refractivity contribution in [1.82, 2.24) is 4.90 Å². The number of anilines is 1. The van der Waals surface area contributed by atoms with Gasteiger partial charge < -0.3 is 15.4 Å². The van der Waals surface area contributed by atoms with E-state index in [1.165, 1.54) is 5.69 Å². The first-order valence-corrected chi connectivity index (χ1v) is 8.15. The van der Waals surface area contributed by atoms with Crippen LogP contribution in [-0.2, 0) is 4.74 Å². The second-order valence-electron chi connectivity index (χ2n) is 5.41. The van der Waals surface area contributed by atoms with Crippen LogP contribution in [0.1, 0.15) is 13.3 Å². The van der Waals surface area contributed by atoms with Crippen molar-refractivity contribution in [1.29, 1.82) is 0 Å². The van der Waals surface area contributed by atoms with Crippen LogP contribution in [0.25, 0.3) is 0 Å². The molecular formula is C16H26ClN3O. The van der Waals surface area contributed by atoms with Gasteiger partial charge in [-0.15, -0.1) is 0 Å². The van der Waals surface area contributed by atoms with Gasteiger partial charge in [-0.2, -0.15) is 0 Å². The summed E-state index contributed by atoms with van der Waals surface area (Å²) in [5, 5.41) is 0.803. The van der Waals surface area contributed by atoms with Gasteiger partial charge in [0.2, 0.25) is 0 Å². The molecule has 1 aliphatic rings. The molecular weight excluding hydrogens is 286 g/mol. The van der Waals surface area contributed by atoms with Crippen molar-refractivity contribution in [3.05, 3.63) is 29.3 Å². The highest BCUT2D eigenvalue weighted by Gasteiger charge is 2.18. The largest absolute Gasteiger partial charge is 0.377 e. The summed E-state index contributed by atoms with van der Waals surface area (Å²) >= 11 is 6.06. The number of hydrogen-bond donors (Lipinski definition) is 1. The molecule has 0 spiro atoms. The fourth-order valence-electron chi connectivity index (χ4n) is 2.73. The number of halogens is 1. The molecule has 0 bridgehead atoms. The maximum Gasteiger partial charge on any atom is 0.0709 e. The van der Waals surface area contributed by atoms with Gasteiger partial charge >= 0.3 is 0 Å². The standard InChI is InChI=1S/C16H26ClN3O/c1-2-21-16(13-18)6-7-19-8-10-20(11-9-19)15-5-3-4-14(17)12-15/h3-5,12,16H,2,6-11,13,18H2,1H3. The van der Waals surface area contributed by atoms with Crippen LogP contribution in [0.2, 0.25) is 5.02 Å². The van der Waals surface area contributed by atoms with Crippen molar-refractivity contribution in [2.75, 3.05) is 50.8 Å². The first-order chi connectivity index (χ1) is 10.2. The third kappa shape index (κ3) is 5.15. The molecule has 1 atom stereocenters. The Morgan fingerprint density at radius 2 is 2.05 bits per heavy atom. The number of nitrogens with two attached hydrogens (primary N) is 1. The Labute approximate surface area is 132 Å². The van der Waals surface area contributed by atoms with E-state index in [1.807, 2.05) is 25.1 Å². The molecule has 0 saturated carbocycles. The Bertz CT molecular complexity index is 422. The summed E-state index contributed by atoms with van der Waals surface area (Å²) in [6, 6.07) is 8.10. The van der Waals surface area contributed by atoms with Crippen molar-refractivity contribution < 1.29 is 4.74 Å². The van der Waals surface area contributed by atoms with Gasteiger partial charge in [0.1, 0.15) is 0 Å². The first kappa shape index (κ1) is 16.6. The van der Waals surface area contributed by atoms with E-state index in [-0.39, 0.29) is 6.10 Å². The third-order valence-electron chi connectivity index (χ3n) is 3.98. The normalized spacial score (nSPS) is 18.0. The first-order valence-electron chi connectivity index (χ1n) is 7.77. The molecule has 0 radical (unpaired) electrons. The van der Waals surface area contributed by atoms with Gasteiger partial charge in [-0.3, -0.25) is 4.90 Å². The van der Waals surface area contributed by atoms with Crippen LogP contribution in [0.4, 0.5) is 5.69 Å². The van der Waals surface area contributed by atoms with Gasteiger partial charge in [0.25, 0.3) is 0 Å². The number of hydrogen-bond acceptors (Lipinski definition) is 4. The van der Waals surface area contributed by atoms with Gasteiger partial charge in [0, 0.05) is 56.6 Å². The van der Waals surface area contributed by atoms with E-state index < -0.39 is 0 Å². The molecule has 1 aromatic rings. The molecule has 1 fully saturated rings. The van der Waals surface area contributed by atoms with Gasteiger partial charge in [-0.1, -0.05) is 17.7 Å². The summed E-state index contributed by atoms with van der Waals surface area (Å²) in [5.74, 6) is 0. The highest BCUT2D eigenvalue weighted by Crippen LogP contribution is 2.20. The van der Waals surface area contributed by atoms with Crippen molar-refractivity contribution in [3.63, 3.8) is 0 Å². The minimum absolute atomic E-state index is 0.195. The average molecular weight is 312 g/mol. The second kappa shape index (κ2) is 8.59. The molecule has 0 aliphatic carbocycles. The summed E-state index contributed by atoms with van der Waals surface area (Å²) in [4.78, 5) is 4.88. The quantitative estimate of drug-likeness (QED) is 0.838. The zero-order valence-electron chi connectivity index (χ0n) is 12.8. The lowest BCUT2D eigenvalue weighted by atomic mass is 10.2. The Morgan fingerprint density at radius 3 is 2.67 bits per heavy atom. The van der Waals surface area contributed by atoms with E-state index >= 15 is 0 Å². The lowest BCUT2D eigenvalue weighted by Gasteiger charge is -2.36. The molecule has 4 nitrogen and oxygen atoms in total. The summed E-state index contributed by atoms with van der Waals surface area (Å²) in [6.07, 6.45) is 1.21. The van der Waals surface area contributed by atoms with Crippen molar-refractivity contribution >= 4 is 17.3 Å². The minimum atomic E-state index is 0.195. The summed E-state index contributed by atoms with van der Waals surface area (Å²) < 4.78 is 5.61. The van der Waals surface area contributed by atoms with Crippen LogP contribution in [0, 0.1) is 0 Å². The van der Waals surface area contributed by atoms with Gasteiger partial charge in [-0.25, -0.2) is 0 Å². The number of nitrogens with zero attached hydrogens (tertiary/aromatic N) is 2. The van der Waals surface area contributed by atoms with E-state index in [0.29, 0.717) is 6.54 Å². The fraction of sp³-hybridized carbons (Fsp3) is 0.625. The molecule has 1 unspecified atom stereocenters. The maximum atomic E-state index is 6.06. The van der Waals surface area contributed by atoms with Crippen molar-refractivity contribution in [2.45, 2.75) is 19.4 Å². The smallest absolute Gasteiger partial charge is 0.0709 e. The molecule has 1 heterocycles. The molecule has 21 heavy (non-hydrogen) atoms. The zero-order chi connectivity index (χ0) is 15.1. The number of ether oxygens (including phenoxy) is 1. The molecule has 0 aromatic heterocycles. The maximum absolute atomic E-state index is 6.06. The Kier molecular flexibility index (Phi) is 6.77. The topological polar surface area (TPSA) is 41.7 Å². The molecule has 2 rings (SSSR count). The van der Waals surface area contributed by atoms with E-state index in [1.54, 1.807) is 0 Å². The van der Waals surface area contributed by atoms with E-state index in [0.717, 1.165) is 50.8 Å². The highest BCUT2D eigenvalue weighted by atomic mass is 35.5. The van der Waals surface area contributed by atoms with Crippen LogP contribution < -0.4 is 10.6 Å². The van der Waals surface area contributed by atoms with E-state index in [9.17, 15) is 0 Å². The summed E-state index contributed by atoms with van der Waals surface area (Å²) in [6.45, 7) is 8.68. The molecule has 1 aliphatic heterocycles. The molecule has 118 valence electrons. The van der Waals surface area contributed by atoms with Crippen LogP contribution in [0.5, 0.6) is 0 Å². The summed E-state index contributed by atoms with van der Waals surface area (Å²) in [7, 11) is 0. The van der Waals surface area contributed by atoms with Crippen LogP contribution in [0.3, 0.4) is 0 Å². The van der Waals surface area contributed by atoms with E-state index in [4.69, 9.17) is 22.1 Å².